The normalized spacial score (nSPS) is 53.0. The van der Waals surface area contributed by atoms with Gasteiger partial charge in [-0.15, -0.1) is 0 Å². The molecule has 3 saturated carbocycles. The summed E-state index contributed by atoms with van der Waals surface area (Å²) in [4.78, 5) is 25.4. The first kappa shape index (κ1) is 17.2. The lowest BCUT2D eigenvalue weighted by atomic mass is 9.42. The van der Waals surface area contributed by atoms with Gasteiger partial charge < -0.3 is 20.1 Å². The summed E-state index contributed by atoms with van der Waals surface area (Å²) in [6.45, 7) is 5.49. The Hall–Kier alpha value is -1.20. The molecule has 4 bridgehead atoms. The summed E-state index contributed by atoms with van der Waals surface area (Å²) in [6.07, 6.45) is 5.13. The molecule has 3 fully saturated rings. The molecular formula is C20H28O5. The van der Waals surface area contributed by atoms with E-state index >= 15 is 0 Å². The van der Waals surface area contributed by atoms with E-state index in [1.807, 2.05) is 19.9 Å². The molecule has 0 saturated heterocycles. The summed E-state index contributed by atoms with van der Waals surface area (Å²) in [5.41, 5.74) is -3.33. The number of allylic oxidation sites excluding steroid dienone is 1. The number of carbonyl (C=O) groups is 2. The van der Waals surface area contributed by atoms with Crippen molar-refractivity contribution in [3.63, 3.8) is 0 Å². The number of aliphatic hydroxyl groups is 2. The fourth-order valence-electron chi connectivity index (χ4n) is 7.63. The molecule has 0 aromatic carbocycles. The highest BCUT2D eigenvalue weighted by Gasteiger charge is 2.85. The largest absolute Gasteiger partial charge is 0.481 e. The molecule has 25 heavy (non-hydrogen) atoms. The van der Waals surface area contributed by atoms with Crippen LogP contribution in [0.15, 0.2) is 11.6 Å². The smallest absolute Gasteiger partial charge is 0.315 e. The highest BCUT2D eigenvalue weighted by molar-refractivity contribution is 5.90. The molecule has 4 aliphatic rings. The predicted molar refractivity (Wildman–Crippen MR) is 90.6 cm³/mol. The summed E-state index contributed by atoms with van der Waals surface area (Å²) in [5.74, 6) is -1.35. The number of hydrogen-bond acceptors (Lipinski definition) is 4. The van der Waals surface area contributed by atoms with Crippen LogP contribution in [0.2, 0.25) is 0 Å². The molecule has 0 aliphatic heterocycles. The SMILES string of the molecule is CC(C)C1=CC2CC3(C=O)[C@@H]4CC[C@](C)(O)[C@H]4CC2(CO)C13C(=O)O. The maximum atomic E-state index is 12.8. The first-order chi connectivity index (χ1) is 11.6. The van der Waals surface area contributed by atoms with Gasteiger partial charge in [0.05, 0.1) is 17.6 Å². The van der Waals surface area contributed by atoms with E-state index in [-0.39, 0.29) is 30.3 Å². The van der Waals surface area contributed by atoms with Gasteiger partial charge in [0, 0.05) is 5.41 Å². The minimum absolute atomic E-state index is 0.00473. The number of carboxylic acid groups (broad SMARTS) is 1. The van der Waals surface area contributed by atoms with E-state index in [1.165, 1.54) is 0 Å². The Kier molecular flexibility index (Phi) is 3.27. The van der Waals surface area contributed by atoms with Crippen LogP contribution in [-0.4, -0.2) is 39.8 Å². The van der Waals surface area contributed by atoms with Crippen LogP contribution in [0.3, 0.4) is 0 Å². The summed E-state index contributed by atoms with van der Waals surface area (Å²) < 4.78 is 0. The van der Waals surface area contributed by atoms with Crippen molar-refractivity contribution in [2.24, 2.45) is 39.9 Å². The molecule has 0 heterocycles. The Labute approximate surface area is 148 Å². The van der Waals surface area contributed by atoms with Gasteiger partial charge >= 0.3 is 5.97 Å². The van der Waals surface area contributed by atoms with Gasteiger partial charge in [-0.2, -0.15) is 0 Å². The third-order valence-electron chi connectivity index (χ3n) is 8.45. The van der Waals surface area contributed by atoms with Crippen molar-refractivity contribution in [3.05, 3.63) is 11.6 Å². The fraction of sp³-hybridized carbons (Fsp3) is 0.800. The zero-order valence-electron chi connectivity index (χ0n) is 15.2. The Morgan fingerprint density at radius 1 is 1.36 bits per heavy atom. The van der Waals surface area contributed by atoms with Crippen LogP contribution < -0.4 is 0 Å². The maximum absolute atomic E-state index is 12.8. The maximum Gasteiger partial charge on any atom is 0.315 e. The van der Waals surface area contributed by atoms with Crippen molar-refractivity contribution in [2.45, 2.75) is 52.1 Å². The van der Waals surface area contributed by atoms with E-state index in [2.05, 4.69) is 0 Å². The van der Waals surface area contributed by atoms with Crippen LogP contribution in [0.5, 0.6) is 0 Å². The molecule has 0 spiro atoms. The monoisotopic (exact) mass is 348 g/mol. The molecule has 4 rings (SSSR count). The van der Waals surface area contributed by atoms with Crippen molar-refractivity contribution in [1.29, 1.82) is 0 Å². The highest BCUT2D eigenvalue weighted by atomic mass is 16.4. The number of hydrogen-bond donors (Lipinski definition) is 3. The number of aliphatic carboxylic acids is 1. The van der Waals surface area contributed by atoms with Gasteiger partial charge in [0.2, 0.25) is 0 Å². The van der Waals surface area contributed by atoms with E-state index in [4.69, 9.17) is 0 Å². The van der Waals surface area contributed by atoms with Crippen LogP contribution in [0, 0.1) is 39.9 Å². The van der Waals surface area contributed by atoms with Crippen LogP contribution in [-0.2, 0) is 9.59 Å². The zero-order chi connectivity index (χ0) is 18.4. The van der Waals surface area contributed by atoms with Gasteiger partial charge in [0.1, 0.15) is 11.7 Å². The summed E-state index contributed by atoms with van der Waals surface area (Å²) >= 11 is 0. The van der Waals surface area contributed by atoms with Gasteiger partial charge in [-0.3, -0.25) is 4.79 Å². The van der Waals surface area contributed by atoms with Crippen LogP contribution in [0.4, 0.5) is 0 Å². The molecule has 3 N–H and O–H groups in total. The van der Waals surface area contributed by atoms with E-state index < -0.39 is 27.8 Å². The van der Waals surface area contributed by atoms with E-state index in [9.17, 15) is 24.9 Å². The number of aliphatic hydroxyl groups excluding tert-OH is 1. The Morgan fingerprint density at radius 2 is 2.04 bits per heavy atom. The van der Waals surface area contributed by atoms with E-state index in [0.717, 1.165) is 11.9 Å². The summed E-state index contributed by atoms with van der Waals surface area (Å²) in [7, 11) is 0. The first-order valence-electron chi connectivity index (χ1n) is 9.40. The number of aldehydes is 1. The molecule has 0 amide bonds. The Balaban J connectivity index is 2.03. The molecule has 5 heteroatoms. The van der Waals surface area contributed by atoms with Crippen LogP contribution in [0.25, 0.3) is 0 Å². The highest BCUT2D eigenvalue weighted by Crippen LogP contribution is 2.82. The number of fused-ring (bicyclic) bond motifs is 2. The molecule has 7 atom stereocenters. The lowest BCUT2D eigenvalue weighted by Gasteiger charge is -2.58. The second-order valence-corrected chi connectivity index (χ2v) is 9.43. The van der Waals surface area contributed by atoms with Gasteiger partial charge in [0.15, 0.2) is 0 Å². The van der Waals surface area contributed by atoms with Crippen molar-refractivity contribution in [2.75, 3.05) is 6.61 Å². The quantitative estimate of drug-likeness (QED) is 0.534. The molecule has 138 valence electrons. The van der Waals surface area contributed by atoms with Crippen molar-refractivity contribution < 1.29 is 24.9 Å². The molecule has 4 aliphatic carbocycles. The van der Waals surface area contributed by atoms with Crippen LogP contribution in [0.1, 0.15) is 46.5 Å². The summed E-state index contributed by atoms with van der Waals surface area (Å²) in [6, 6.07) is 0. The van der Waals surface area contributed by atoms with Gasteiger partial charge in [-0.25, -0.2) is 0 Å². The van der Waals surface area contributed by atoms with Crippen molar-refractivity contribution in [3.8, 4) is 0 Å². The summed E-state index contributed by atoms with van der Waals surface area (Å²) in [5, 5.41) is 31.9. The average molecular weight is 348 g/mol. The van der Waals surface area contributed by atoms with Crippen LogP contribution >= 0.6 is 0 Å². The number of carboxylic acids is 1. The molecule has 0 radical (unpaired) electrons. The molecule has 4 unspecified atom stereocenters. The number of carbonyl (C=O) groups excluding carboxylic acids is 1. The minimum Gasteiger partial charge on any atom is -0.481 e. The van der Waals surface area contributed by atoms with Crippen molar-refractivity contribution in [1.82, 2.24) is 0 Å². The average Bonchev–Trinajstić information content (AvgIpc) is 3.08. The van der Waals surface area contributed by atoms with Gasteiger partial charge in [-0.1, -0.05) is 25.5 Å². The topological polar surface area (TPSA) is 94.8 Å². The van der Waals surface area contributed by atoms with E-state index in [0.29, 0.717) is 25.7 Å². The van der Waals surface area contributed by atoms with E-state index in [1.54, 1.807) is 6.92 Å². The third-order valence-corrected chi connectivity index (χ3v) is 8.45. The lowest BCUT2D eigenvalue weighted by molar-refractivity contribution is -0.189. The predicted octanol–water partition coefficient (Wildman–Crippen LogP) is 2.02. The standard InChI is InChI=1S/C20H28O5/c1-11(2)14-6-12-7-19(10-22)13-4-5-17(3,25)15(13)8-18(12,9-21)20(14,19)16(23)24/h6,10-13,15,21,25H,4-5,7-9H2,1-3H3,(H,23,24)/t12?,13-,15+,17+,18?,19?,20?/m1/s1. The lowest BCUT2D eigenvalue weighted by Crippen LogP contribution is -2.64. The Bertz CT molecular complexity index is 680. The molecule has 0 aromatic heterocycles. The van der Waals surface area contributed by atoms with Crippen molar-refractivity contribution >= 4 is 12.3 Å². The second-order valence-electron chi connectivity index (χ2n) is 9.43. The zero-order valence-corrected chi connectivity index (χ0v) is 15.2. The second kappa shape index (κ2) is 4.74. The third kappa shape index (κ3) is 1.51. The Morgan fingerprint density at radius 3 is 2.56 bits per heavy atom. The van der Waals surface area contributed by atoms with Gasteiger partial charge in [0.25, 0.3) is 0 Å². The fourth-order valence-corrected chi connectivity index (χ4v) is 7.63. The molecular weight excluding hydrogens is 320 g/mol. The molecule has 0 aromatic rings. The minimum atomic E-state index is -1.34. The van der Waals surface area contributed by atoms with Gasteiger partial charge in [-0.05, 0) is 56.3 Å². The first-order valence-corrected chi connectivity index (χ1v) is 9.40. The molecule has 5 nitrogen and oxygen atoms in total. The number of rotatable bonds is 4.